The molecular weight excluding hydrogens is 283 g/mol. The van der Waals surface area contributed by atoms with Crippen LogP contribution in [0.25, 0.3) is 0 Å². The summed E-state index contributed by atoms with van der Waals surface area (Å²) >= 11 is 3.20. The molecule has 1 aliphatic heterocycles. The average molecular weight is 301 g/mol. The third-order valence-corrected chi connectivity index (χ3v) is 4.12. The van der Waals surface area contributed by atoms with Crippen molar-refractivity contribution in [1.82, 2.24) is 4.90 Å². The summed E-state index contributed by atoms with van der Waals surface area (Å²) in [6.45, 7) is 5.23. The van der Waals surface area contributed by atoms with E-state index >= 15 is 0 Å². The lowest BCUT2D eigenvalue weighted by Gasteiger charge is -2.16. The lowest BCUT2D eigenvalue weighted by molar-refractivity contribution is 0.330. The first-order valence-electron chi connectivity index (χ1n) is 5.90. The van der Waals surface area contributed by atoms with Crippen LogP contribution in [0.5, 0.6) is 0 Å². The Bertz CT molecular complexity index is 412. The molecule has 0 radical (unpaired) electrons. The van der Waals surface area contributed by atoms with Crippen molar-refractivity contribution >= 4 is 21.6 Å². The van der Waals surface area contributed by atoms with Gasteiger partial charge in [-0.3, -0.25) is 0 Å². The van der Waals surface area contributed by atoms with Crippen molar-refractivity contribution in [2.45, 2.75) is 32.4 Å². The van der Waals surface area contributed by atoms with Gasteiger partial charge in [0, 0.05) is 24.3 Å². The van der Waals surface area contributed by atoms with Crippen LogP contribution in [0.3, 0.4) is 0 Å². The molecule has 1 fully saturated rings. The molecule has 94 valence electrons. The largest absolute Gasteiger partial charge is 0.381 e. The molecule has 4 heteroatoms. The van der Waals surface area contributed by atoms with E-state index < -0.39 is 0 Å². The Morgan fingerprint density at radius 2 is 2.18 bits per heavy atom. The van der Waals surface area contributed by atoms with Crippen molar-refractivity contribution in [1.29, 1.82) is 0 Å². The molecule has 0 spiro atoms. The van der Waals surface area contributed by atoms with Crippen LogP contribution in [0, 0.1) is 12.7 Å². The van der Waals surface area contributed by atoms with E-state index in [0.717, 1.165) is 24.2 Å². The molecule has 1 saturated heterocycles. The van der Waals surface area contributed by atoms with Gasteiger partial charge < -0.3 is 10.2 Å². The highest BCUT2D eigenvalue weighted by molar-refractivity contribution is 9.10. The molecule has 17 heavy (non-hydrogen) atoms. The predicted octanol–water partition coefficient (Wildman–Crippen LogP) is 3.40. The smallest absolute Gasteiger partial charge is 0.139 e. The number of nitrogens with zero attached hydrogens (tertiary/aromatic N) is 1. The molecule has 2 unspecified atom stereocenters. The van der Waals surface area contributed by atoms with Crippen LogP contribution in [0.4, 0.5) is 10.1 Å². The normalized spacial score (nSPS) is 25.2. The molecule has 0 saturated carbocycles. The minimum absolute atomic E-state index is 0.211. The monoisotopic (exact) mass is 300 g/mol. The molecule has 0 aromatic heterocycles. The molecule has 1 aliphatic rings. The summed E-state index contributed by atoms with van der Waals surface area (Å²) in [5.74, 6) is -0.211. The highest BCUT2D eigenvalue weighted by atomic mass is 79.9. The summed E-state index contributed by atoms with van der Waals surface area (Å²) in [5.41, 5.74) is 1.97. The molecule has 0 aliphatic carbocycles. The zero-order valence-electron chi connectivity index (χ0n) is 10.4. The topological polar surface area (TPSA) is 15.3 Å². The fraction of sp³-hybridized carbons (Fsp3) is 0.538. The van der Waals surface area contributed by atoms with Crippen LogP contribution in [0.1, 0.15) is 18.9 Å². The second kappa shape index (κ2) is 4.94. The summed E-state index contributed by atoms with van der Waals surface area (Å²) in [6, 6.07) is 4.39. The van der Waals surface area contributed by atoms with Crippen molar-refractivity contribution in [3.8, 4) is 0 Å². The van der Waals surface area contributed by atoms with E-state index in [9.17, 15) is 4.39 Å². The second-order valence-corrected chi connectivity index (χ2v) is 5.80. The average Bonchev–Trinajstić information content (AvgIpc) is 2.55. The molecule has 1 aromatic rings. The lowest BCUT2D eigenvalue weighted by atomic mass is 10.1. The molecular formula is C13H18BrFN2. The zero-order valence-corrected chi connectivity index (χ0v) is 12.0. The van der Waals surface area contributed by atoms with E-state index in [4.69, 9.17) is 0 Å². The number of nitrogens with one attached hydrogen (secondary N) is 1. The van der Waals surface area contributed by atoms with Crippen LogP contribution >= 0.6 is 15.9 Å². The molecule has 0 bridgehead atoms. The minimum atomic E-state index is -0.211. The van der Waals surface area contributed by atoms with Gasteiger partial charge in [-0.25, -0.2) is 4.39 Å². The van der Waals surface area contributed by atoms with Crippen LogP contribution in [-0.2, 0) is 0 Å². The highest BCUT2D eigenvalue weighted by Crippen LogP contribution is 2.26. The number of benzene rings is 1. The number of anilines is 1. The van der Waals surface area contributed by atoms with E-state index in [1.165, 1.54) is 0 Å². The first-order valence-corrected chi connectivity index (χ1v) is 6.69. The summed E-state index contributed by atoms with van der Waals surface area (Å²) in [6.07, 6.45) is 1.10. The molecule has 2 rings (SSSR count). The van der Waals surface area contributed by atoms with E-state index in [-0.39, 0.29) is 5.82 Å². The Morgan fingerprint density at radius 3 is 2.76 bits per heavy atom. The third-order valence-electron chi connectivity index (χ3n) is 3.51. The Balaban J connectivity index is 2.12. The molecule has 1 N–H and O–H groups in total. The summed E-state index contributed by atoms with van der Waals surface area (Å²) in [5, 5.41) is 3.44. The highest BCUT2D eigenvalue weighted by Gasteiger charge is 2.26. The number of likely N-dealkylation sites (N-methyl/N-ethyl adjacent to an activating group) is 1. The fourth-order valence-electron chi connectivity index (χ4n) is 2.32. The van der Waals surface area contributed by atoms with Crippen molar-refractivity contribution in [2.24, 2.45) is 0 Å². The van der Waals surface area contributed by atoms with E-state index in [1.807, 2.05) is 13.0 Å². The van der Waals surface area contributed by atoms with Crippen LogP contribution in [-0.4, -0.2) is 30.6 Å². The quantitative estimate of drug-likeness (QED) is 0.900. The first kappa shape index (κ1) is 12.8. The third kappa shape index (κ3) is 2.80. The lowest BCUT2D eigenvalue weighted by Crippen LogP contribution is -2.25. The number of hydrogen-bond donors (Lipinski definition) is 1. The Labute approximate surface area is 110 Å². The van der Waals surface area contributed by atoms with Gasteiger partial charge in [0.1, 0.15) is 5.82 Å². The maximum Gasteiger partial charge on any atom is 0.139 e. The van der Waals surface area contributed by atoms with E-state index in [2.05, 4.69) is 40.1 Å². The van der Waals surface area contributed by atoms with Gasteiger partial charge in [-0.15, -0.1) is 0 Å². The Hall–Kier alpha value is -0.610. The molecule has 2 nitrogen and oxygen atoms in total. The predicted molar refractivity (Wildman–Crippen MR) is 73.0 cm³/mol. The van der Waals surface area contributed by atoms with E-state index in [1.54, 1.807) is 6.07 Å². The van der Waals surface area contributed by atoms with Gasteiger partial charge in [0.15, 0.2) is 0 Å². The SMILES string of the molecule is Cc1cc(Br)c(F)cc1NC1CC(C)N(C)C1. The standard InChI is InChI=1S/C13H18BrFN2/c1-8-4-11(14)12(15)6-13(8)16-10-5-9(2)17(3)7-10/h4,6,9-10,16H,5,7H2,1-3H3. The van der Waals surface area contributed by atoms with Gasteiger partial charge >= 0.3 is 0 Å². The van der Waals surface area contributed by atoms with Gasteiger partial charge in [0.25, 0.3) is 0 Å². The van der Waals surface area contributed by atoms with Crippen molar-refractivity contribution in [3.05, 3.63) is 28.0 Å². The van der Waals surface area contributed by atoms with Gasteiger partial charge in [0.2, 0.25) is 0 Å². The summed E-state index contributed by atoms with van der Waals surface area (Å²) in [7, 11) is 2.13. The van der Waals surface area contributed by atoms with Crippen molar-refractivity contribution in [2.75, 3.05) is 18.9 Å². The number of halogens is 2. The number of likely N-dealkylation sites (tertiary alicyclic amines) is 1. The van der Waals surface area contributed by atoms with Crippen LogP contribution < -0.4 is 5.32 Å². The molecule has 1 heterocycles. The van der Waals surface area contributed by atoms with Gasteiger partial charge in [0.05, 0.1) is 4.47 Å². The number of aryl methyl sites for hydroxylation is 1. The van der Waals surface area contributed by atoms with Gasteiger partial charge in [-0.2, -0.15) is 0 Å². The zero-order chi connectivity index (χ0) is 12.6. The Kier molecular flexibility index (Phi) is 3.73. The fourth-order valence-corrected chi connectivity index (χ4v) is 2.78. The number of hydrogen-bond acceptors (Lipinski definition) is 2. The van der Waals surface area contributed by atoms with E-state index in [0.29, 0.717) is 16.6 Å². The maximum atomic E-state index is 13.5. The van der Waals surface area contributed by atoms with Crippen molar-refractivity contribution < 1.29 is 4.39 Å². The minimum Gasteiger partial charge on any atom is -0.381 e. The Morgan fingerprint density at radius 1 is 1.47 bits per heavy atom. The van der Waals surface area contributed by atoms with Crippen molar-refractivity contribution in [3.63, 3.8) is 0 Å². The van der Waals surface area contributed by atoms with Crippen LogP contribution in [0.15, 0.2) is 16.6 Å². The molecule has 1 aromatic carbocycles. The maximum absolute atomic E-state index is 13.5. The molecule has 0 amide bonds. The van der Waals surface area contributed by atoms with Crippen LogP contribution in [0.2, 0.25) is 0 Å². The molecule has 2 atom stereocenters. The van der Waals surface area contributed by atoms with Gasteiger partial charge in [-0.05, 0) is 60.9 Å². The number of rotatable bonds is 2. The van der Waals surface area contributed by atoms with Gasteiger partial charge in [-0.1, -0.05) is 0 Å². The second-order valence-electron chi connectivity index (χ2n) is 4.95. The summed E-state index contributed by atoms with van der Waals surface area (Å²) in [4.78, 5) is 2.32. The first-order chi connectivity index (χ1) is 7.97. The summed E-state index contributed by atoms with van der Waals surface area (Å²) < 4.78 is 14.0.